The average molecular weight is 415 g/mol. The minimum absolute atomic E-state index is 0.0683. The predicted molar refractivity (Wildman–Crippen MR) is 119 cm³/mol. The van der Waals surface area contributed by atoms with Crippen molar-refractivity contribution in [2.75, 3.05) is 6.54 Å². The monoisotopic (exact) mass is 414 g/mol. The number of carbonyl (C=O) groups is 2. The van der Waals surface area contributed by atoms with Crippen LogP contribution in [0, 0.1) is 0 Å². The maximum absolute atomic E-state index is 13.2. The molecular formula is C26H26N2O3. The molecule has 1 fully saturated rings. The lowest BCUT2D eigenvalue weighted by atomic mass is 9.91. The van der Waals surface area contributed by atoms with E-state index >= 15 is 0 Å². The number of hydrogen-bond donors (Lipinski definition) is 1. The van der Waals surface area contributed by atoms with Gasteiger partial charge in [-0.05, 0) is 23.1 Å². The summed E-state index contributed by atoms with van der Waals surface area (Å²) in [5.41, 5.74) is 2.99. The minimum atomic E-state index is -0.602. The van der Waals surface area contributed by atoms with Crippen molar-refractivity contribution >= 4 is 12.0 Å². The van der Waals surface area contributed by atoms with Crippen LogP contribution in [0.2, 0.25) is 0 Å². The van der Waals surface area contributed by atoms with Gasteiger partial charge in [-0.25, -0.2) is 4.79 Å². The summed E-state index contributed by atoms with van der Waals surface area (Å²) in [7, 11) is 0. The van der Waals surface area contributed by atoms with Crippen molar-refractivity contribution < 1.29 is 14.3 Å². The van der Waals surface area contributed by atoms with Gasteiger partial charge in [-0.1, -0.05) is 91.0 Å². The van der Waals surface area contributed by atoms with Crippen LogP contribution in [0.5, 0.6) is 0 Å². The number of nitrogens with one attached hydrogen (secondary N) is 1. The van der Waals surface area contributed by atoms with Crippen molar-refractivity contribution in [1.82, 2.24) is 10.2 Å². The Balaban J connectivity index is 1.49. The molecule has 5 heteroatoms. The van der Waals surface area contributed by atoms with E-state index in [1.54, 1.807) is 4.90 Å². The summed E-state index contributed by atoms with van der Waals surface area (Å²) < 4.78 is 5.55. The Labute approximate surface area is 182 Å². The molecule has 1 aliphatic rings. The summed E-state index contributed by atoms with van der Waals surface area (Å²) in [6, 6.07) is 28.6. The number of ether oxygens (including phenoxy) is 1. The van der Waals surface area contributed by atoms with Gasteiger partial charge in [0.15, 0.2) is 0 Å². The third kappa shape index (κ3) is 5.12. The summed E-state index contributed by atoms with van der Waals surface area (Å²) in [6.07, 6.45) is 0.260. The molecule has 0 aromatic heterocycles. The Kier molecular flexibility index (Phi) is 6.62. The fourth-order valence-corrected chi connectivity index (χ4v) is 4.06. The molecule has 2 amide bonds. The molecule has 0 unspecified atom stereocenters. The fraction of sp³-hybridized carbons (Fsp3) is 0.231. The van der Waals surface area contributed by atoms with E-state index in [4.69, 9.17) is 4.74 Å². The first kappa shape index (κ1) is 20.7. The largest absolute Gasteiger partial charge is 0.445 e. The molecule has 158 valence electrons. The van der Waals surface area contributed by atoms with Crippen molar-refractivity contribution in [3.63, 3.8) is 0 Å². The van der Waals surface area contributed by atoms with Crippen LogP contribution in [0.4, 0.5) is 4.79 Å². The molecule has 1 saturated heterocycles. The van der Waals surface area contributed by atoms with Gasteiger partial charge in [-0.2, -0.15) is 0 Å². The van der Waals surface area contributed by atoms with Crippen molar-refractivity contribution in [3.05, 3.63) is 108 Å². The second-order valence-electron chi connectivity index (χ2n) is 7.69. The maximum atomic E-state index is 13.2. The van der Waals surface area contributed by atoms with Crippen molar-refractivity contribution in [2.24, 2.45) is 0 Å². The van der Waals surface area contributed by atoms with Crippen LogP contribution < -0.4 is 5.32 Å². The third-order valence-electron chi connectivity index (χ3n) is 5.64. The number of rotatable bonds is 6. The molecule has 0 bridgehead atoms. The smallest absolute Gasteiger partial charge is 0.410 e. The minimum Gasteiger partial charge on any atom is -0.445 e. The first-order valence-electron chi connectivity index (χ1n) is 10.6. The van der Waals surface area contributed by atoms with Crippen molar-refractivity contribution in [1.29, 1.82) is 0 Å². The lowest BCUT2D eigenvalue weighted by molar-refractivity contribution is -0.125. The second-order valence-corrected chi connectivity index (χ2v) is 7.69. The molecule has 1 N–H and O–H groups in total. The molecule has 0 spiro atoms. The van der Waals surface area contributed by atoms with Gasteiger partial charge in [-0.3, -0.25) is 9.69 Å². The Morgan fingerprint density at radius 2 is 1.42 bits per heavy atom. The van der Waals surface area contributed by atoms with Gasteiger partial charge < -0.3 is 10.1 Å². The zero-order valence-electron chi connectivity index (χ0n) is 17.3. The van der Waals surface area contributed by atoms with Crippen LogP contribution in [0.1, 0.15) is 29.0 Å². The molecule has 0 saturated carbocycles. The van der Waals surface area contributed by atoms with E-state index < -0.39 is 12.1 Å². The highest BCUT2D eigenvalue weighted by Crippen LogP contribution is 2.34. The zero-order valence-corrected chi connectivity index (χ0v) is 17.3. The van der Waals surface area contributed by atoms with Crippen LogP contribution in [0.15, 0.2) is 91.0 Å². The Morgan fingerprint density at radius 1 is 0.839 bits per heavy atom. The number of nitrogens with zero attached hydrogens (tertiary/aromatic N) is 1. The molecule has 3 aromatic rings. The Morgan fingerprint density at radius 3 is 2.06 bits per heavy atom. The van der Waals surface area contributed by atoms with Gasteiger partial charge in [0.25, 0.3) is 0 Å². The second kappa shape index (κ2) is 9.94. The van der Waals surface area contributed by atoms with Gasteiger partial charge in [-0.15, -0.1) is 0 Å². The maximum Gasteiger partial charge on any atom is 0.410 e. The van der Waals surface area contributed by atoms with Crippen LogP contribution in [-0.2, 0) is 22.7 Å². The lowest BCUT2D eigenvalue weighted by Gasteiger charge is -2.27. The zero-order chi connectivity index (χ0) is 21.5. The highest BCUT2D eigenvalue weighted by Gasteiger charge is 2.43. The Hall–Kier alpha value is -3.60. The topological polar surface area (TPSA) is 58.6 Å². The van der Waals surface area contributed by atoms with E-state index in [9.17, 15) is 9.59 Å². The lowest BCUT2D eigenvalue weighted by Crippen LogP contribution is -2.48. The molecule has 1 aliphatic heterocycles. The first-order chi connectivity index (χ1) is 15.2. The van der Waals surface area contributed by atoms with E-state index in [2.05, 4.69) is 5.32 Å². The predicted octanol–water partition coefficient (Wildman–Crippen LogP) is 4.50. The molecule has 1 heterocycles. The normalized spacial score (nSPS) is 17.9. The van der Waals surface area contributed by atoms with Gasteiger partial charge in [0.05, 0.1) is 0 Å². The van der Waals surface area contributed by atoms with Gasteiger partial charge in [0, 0.05) is 19.0 Å². The standard InChI is InChI=1S/C26H26N2O3/c29-25(27-18-20-10-4-1-5-11-20)24-23(22-14-8-3-9-15-22)16-17-28(24)26(30)31-19-21-12-6-2-7-13-21/h1-15,23-24H,16-19H2,(H,27,29)/t23-,24+/m0/s1. The first-order valence-corrected chi connectivity index (χ1v) is 10.6. The molecule has 0 radical (unpaired) electrons. The highest BCUT2D eigenvalue weighted by molar-refractivity contribution is 5.87. The van der Waals surface area contributed by atoms with Crippen molar-refractivity contribution in [2.45, 2.75) is 31.5 Å². The number of carbonyl (C=O) groups excluding carboxylic acids is 2. The van der Waals surface area contributed by atoms with E-state index in [-0.39, 0.29) is 18.4 Å². The summed E-state index contributed by atoms with van der Waals surface area (Å²) in [4.78, 5) is 27.7. The van der Waals surface area contributed by atoms with E-state index in [0.717, 1.165) is 16.7 Å². The highest BCUT2D eigenvalue weighted by atomic mass is 16.6. The molecule has 31 heavy (non-hydrogen) atoms. The van der Waals surface area contributed by atoms with Crippen LogP contribution in [-0.4, -0.2) is 29.5 Å². The van der Waals surface area contributed by atoms with Gasteiger partial charge in [0.1, 0.15) is 12.6 Å². The number of benzene rings is 3. The summed E-state index contributed by atoms with van der Waals surface area (Å²) in [5.74, 6) is -0.229. The van der Waals surface area contributed by atoms with E-state index in [1.807, 2.05) is 91.0 Å². The average Bonchev–Trinajstić information content (AvgIpc) is 3.28. The SMILES string of the molecule is O=C(NCc1ccccc1)[C@H]1[C@H](c2ccccc2)CCN1C(=O)OCc1ccccc1. The van der Waals surface area contributed by atoms with Crippen LogP contribution in [0.3, 0.4) is 0 Å². The summed E-state index contributed by atoms with van der Waals surface area (Å²) >= 11 is 0. The molecule has 0 aliphatic carbocycles. The third-order valence-corrected chi connectivity index (χ3v) is 5.64. The van der Waals surface area contributed by atoms with E-state index in [0.29, 0.717) is 19.5 Å². The van der Waals surface area contributed by atoms with Crippen molar-refractivity contribution in [3.8, 4) is 0 Å². The van der Waals surface area contributed by atoms with E-state index in [1.165, 1.54) is 0 Å². The molecule has 4 rings (SSSR count). The number of likely N-dealkylation sites (tertiary alicyclic amines) is 1. The summed E-state index contributed by atoms with van der Waals surface area (Å²) in [6.45, 7) is 1.09. The number of hydrogen-bond acceptors (Lipinski definition) is 3. The molecule has 5 nitrogen and oxygen atoms in total. The number of amides is 2. The van der Waals surface area contributed by atoms with Gasteiger partial charge in [0.2, 0.25) is 5.91 Å². The fourth-order valence-electron chi connectivity index (χ4n) is 4.06. The summed E-state index contributed by atoms with van der Waals surface area (Å²) in [5, 5.41) is 3.01. The molecule has 2 atom stereocenters. The molecule has 3 aromatic carbocycles. The van der Waals surface area contributed by atoms with Crippen LogP contribution in [0.25, 0.3) is 0 Å². The quantitative estimate of drug-likeness (QED) is 0.646. The van der Waals surface area contributed by atoms with Crippen LogP contribution >= 0.6 is 0 Å². The van der Waals surface area contributed by atoms with Gasteiger partial charge >= 0.3 is 6.09 Å². The molecular weight excluding hydrogens is 388 g/mol. The Bertz CT molecular complexity index is 993.